The van der Waals surface area contributed by atoms with E-state index in [1.165, 1.54) is 36.8 Å². The molecule has 7 nitrogen and oxygen atoms in total. The molecule has 0 unspecified atom stereocenters. The Morgan fingerprint density at radius 1 is 0.647 bits per heavy atom. The number of benzene rings is 4. The SMILES string of the molecule is CC(C)(C)C(=O)n1cc([I+]c2ccccc2)c2ccccc21.Cc1ccc(S(=O)(=O)[N-]S(=O)(=O)c2ccc(C)cc2)cc1.ClC(Cl)Cl.ClC(Cl)Cl. The number of alkyl halides is 6. The molecule has 0 spiro atoms. The molecule has 0 radical (unpaired) electrons. The minimum Gasteiger partial charge on any atom is -0.428 e. The Hall–Kier alpha value is -1.58. The highest BCUT2D eigenvalue weighted by Gasteiger charge is 2.29. The number of halogens is 7. The van der Waals surface area contributed by atoms with Crippen LogP contribution in [-0.2, 0) is 20.0 Å². The van der Waals surface area contributed by atoms with Crippen LogP contribution < -0.4 is 21.2 Å². The van der Waals surface area contributed by atoms with Gasteiger partial charge in [0.05, 0.1) is 17.1 Å². The lowest BCUT2D eigenvalue weighted by molar-refractivity contribution is -0.595. The molecule has 276 valence electrons. The molecule has 1 aromatic heterocycles. The van der Waals surface area contributed by atoms with Crippen molar-refractivity contribution in [2.75, 3.05) is 0 Å². The molecule has 5 rings (SSSR count). The number of hydrogen-bond donors (Lipinski definition) is 0. The van der Waals surface area contributed by atoms with Crippen LogP contribution in [0.4, 0.5) is 0 Å². The summed E-state index contributed by atoms with van der Waals surface area (Å²) < 4.78 is 54.3. The Bertz CT molecular complexity index is 1990. The molecule has 16 heteroatoms. The molecule has 0 saturated heterocycles. The summed E-state index contributed by atoms with van der Waals surface area (Å²) in [6.45, 7) is 9.51. The maximum absolute atomic E-state index is 12.7. The monoisotopic (exact) mass is 964 g/mol. The molecule has 1 heterocycles. The standard InChI is InChI=1S/C19H19INO.C14H14NO4S2.2CHCl3/c1-19(2,3)18(22)21-13-16(15-11-7-8-12-17(15)21)20-14-9-5-4-6-10-14;1-11-3-7-13(8-4-11)20(16,17)15-21(18,19)14-9-5-12(2)6-10-14;2*2-1(3)4/h4-13H,1-3H3;3-10H,1-2H3;2*1H/q+1;-1;;. The molecule has 0 saturated carbocycles. The largest absolute Gasteiger partial charge is 0.428 e. The maximum atomic E-state index is 12.7. The average molecular weight is 967 g/mol. The van der Waals surface area contributed by atoms with Crippen molar-refractivity contribution < 1.29 is 42.8 Å². The molecule has 0 bridgehead atoms. The summed E-state index contributed by atoms with van der Waals surface area (Å²) >= 11 is 28.5. The second-order valence-corrected chi connectivity index (χ2v) is 21.8. The van der Waals surface area contributed by atoms with Crippen molar-refractivity contribution in [2.45, 2.75) is 53.0 Å². The van der Waals surface area contributed by atoms with Crippen LogP contribution in [0.25, 0.3) is 15.0 Å². The van der Waals surface area contributed by atoms with Crippen molar-refractivity contribution in [3.05, 3.63) is 132 Å². The Morgan fingerprint density at radius 3 is 1.45 bits per heavy atom. The first-order valence-corrected chi connectivity index (χ1v) is 22.4. The number of aromatic nitrogens is 1. The van der Waals surface area contributed by atoms with Gasteiger partial charge in [-0.3, -0.25) is 9.36 Å². The van der Waals surface area contributed by atoms with Crippen LogP contribution >= 0.6 is 69.6 Å². The molecule has 5 aromatic rings. The maximum Gasteiger partial charge on any atom is 0.360 e. The van der Waals surface area contributed by atoms with E-state index in [1.54, 1.807) is 38.1 Å². The van der Waals surface area contributed by atoms with Crippen molar-refractivity contribution >= 4 is 106 Å². The number of carbonyl (C=O) groups is 1. The predicted molar refractivity (Wildman–Crippen MR) is 209 cm³/mol. The van der Waals surface area contributed by atoms with E-state index in [0.717, 1.165) is 16.6 Å². The fourth-order valence-electron chi connectivity index (χ4n) is 3.97. The molecule has 51 heavy (non-hydrogen) atoms. The molecular weight excluding hydrogens is 932 g/mol. The van der Waals surface area contributed by atoms with Crippen LogP contribution in [0.1, 0.15) is 36.7 Å². The highest BCUT2D eigenvalue weighted by atomic mass is 127. The van der Waals surface area contributed by atoms with Crippen LogP contribution in [-0.4, -0.2) is 35.9 Å². The topological polar surface area (TPSA) is 104 Å². The number of sulfonamides is 2. The van der Waals surface area contributed by atoms with Crippen molar-refractivity contribution in [1.82, 2.24) is 4.57 Å². The summed E-state index contributed by atoms with van der Waals surface area (Å²) in [7, 11) is -8.51. The number of aryl methyl sites for hydroxylation is 2. The van der Waals surface area contributed by atoms with Gasteiger partial charge in [-0.2, -0.15) is 0 Å². The highest BCUT2D eigenvalue weighted by molar-refractivity contribution is 8.12. The Balaban J connectivity index is 0.000000293. The lowest BCUT2D eigenvalue weighted by Gasteiger charge is -2.21. The Kier molecular flexibility index (Phi) is 18.6. The van der Waals surface area contributed by atoms with Gasteiger partial charge in [-0.05, 0) is 62.4 Å². The summed E-state index contributed by atoms with van der Waals surface area (Å²) in [4.78, 5) is 12.4. The average Bonchev–Trinajstić information content (AvgIpc) is 3.38. The summed E-state index contributed by atoms with van der Waals surface area (Å²) in [6, 6.07) is 30.4. The van der Waals surface area contributed by atoms with Crippen molar-refractivity contribution in [1.29, 1.82) is 0 Å². The van der Waals surface area contributed by atoms with Gasteiger partial charge < -0.3 is 4.13 Å². The molecule has 0 aliphatic rings. The molecule has 0 fully saturated rings. The number of rotatable bonds is 6. The van der Waals surface area contributed by atoms with Gasteiger partial charge in [0.15, 0.2) is 12.2 Å². The minimum absolute atomic E-state index is 0.145. The van der Waals surface area contributed by atoms with E-state index in [1.807, 2.05) is 49.6 Å². The fraction of sp³-hybridized carbons (Fsp3) is 0.229. The highest BCUT2D eigenvalue weighted by Crippen LogP contribution is 2.26. The molecule has 0 N–H and O–H groups in total. The number of nitrogens with zero attached hydrogens (tertiary/aromatic N) is 2. The third kappa shape index (κ3) is 15.7. The lowest BCUT2D eigenvalue weighted by atomic mass is 9.95. The Morgan fingerprint density at radius 2 is 1.04 bits per heavy atom. The summed E-state index contributed by atoms with van der Waals surface area (Å²) in [5, 5.41) is 1.21. The third-order valence-electron chi connectivity index (χ3n) is 6.30. The zero-order valence-corrected chi connectivity index (χ0v) is 36.3. The first kappa shape index (κ1) is 45.6. The van der Waals surface area contributed by atoms with E-state index in [9.17, 15) is 21.6 Å². The van der Waals surface area contributed by atoms with Gasteiger partial charge in [-0.25, -0.2) is 16.8 Å². The normalized spacial score (nSPS) is 11.5. The quantitative estimate of drug-likeness (QED) is 0.126. The molecule has 0 aliphatic heterocycles. The molecule has 0 atom stereocenters. The fourth-order valence-corrected chi connectivity index (χ4v) is 9.27. The van der Waals surface area contributed by atoms with E-state index in [4.69, 9.17) is 69.6 Å². The lowest BCUT2D eigenvalue weighted by Crippen LogP contribution is -3.61. The number of carbonyl (C=O) groups excluding carboxylic acids is 1. The van der Waals surface area contributed by atoms with Crippen molar-refractivity contribution in [3.63, 3.8) is 0 Å². The molecule has 0 aliphatic carbocycles. The van der Waals surface area contributed by atoms with Gasteiger partial charge in [0.25, 0.3) is 0 Å². The smallest absolute Gasteiger partial charge is 0.360 e. The first-order valence-electron chi connectivity index (χ1n) is 14.7. The van der Waals surface area contributed by atoms with Gasteiger partial charge in [0.2, 0.25) is 9.48 Å². The van der Waals surface area contributed by atoms with E-state index < -0.39 is 28.6 Å². The van der Waals surface area contributed by atoms with Gasteiger partial charge in [-0.1, -0.05) is 156 Å². The van der Waals surface area contributed by atoms with Gasteiger partial charge >= 0.3 is 21.2 Å². The van der Waals surface area contributed by atoms with E-state index >= 15 is 0 Å². The summed E-state index contributed by atoms with van der Waals surface area (Å²) in [5.41, 5.74) is 2.38. The first-order chi connectivity index (χ1) is 23.6. The van der Waals surface area contributed by atoms with Crippen molar-refractivity contribution in [3.8, 4) is 0 Å². The number of hydrogen-bond acceptors (Lipinski definition) is 5. The van der Waals surface area contributed by atoms with E-state index in [-0.39, 0.29) is 42.3 Å². The molecular formula is C35H35Cl6IN2O5S2. The van der Waals surface area contributed by atoms with Gasteiger partial charge in [-0.15, -0.1) is 0 Å². The van der Waals surface area contributed by atoms with E-state index in [2.05, 4.69) is 40.7 Å². The second-order valence-electron chi connectivity index (χ2n) is 11.5. The third-order valence-corrected chi connectivity index (χ3v) is 12.4. The Labute approximate surface area is 340 Å². The van der Waals surface area contributed by atoms with Gasteiger partial charge in [0, 0.05) is 15.2 Å². The zero-order valence-electron chi connectivity index (χ0n) is 27.9. The van der Waals surface area contributed by atoms with Crippen LogP contribution in [0.15, 0.2) is 119 Å². The summed E-state index contributed by atoms with van der Waals surface area (Å²) in [5.74, 6) is 0.145. The van der Waals surface area contributed by atoms with Crippen LogP contribution in [0.3, 0.4) is 0 Å². The van der Waals surface area contributed by atoms with Gasteiger partial charge in [0.1, 0.15) is 20.0 Å². The number of fused-ring (bicyclic) bond motifs is 1. The van der Waals surface area contributed by atoms with Crippen LogP contribution in [0.2, 0.25) is 0 Å². The summed E-state index contributed by atoms with van der Waals surface area (Å²) in [6.07, 6.45) is 2.05. The number of para-hydroxylation sites is 1. The molecule has 4 aromatic carbocycles. The molecule has 0 amide bonds. The van der Waals surface area contributed by atoms with Crippen molar-refractivity contribution in [2.24, 2.45) is 5.41 Å². The second kappa shape index (κ2) is 20.8. The minimum atomic E-state index is -4.26. The van der Waals surface area contributed by atoms with Crippen LogP contribution in [0.5, 0.6) is 0 Å². The predicted octanol–water partition coefficient (Wildman–Crippen LogP) is 8.18. The van der Waals surface area contributed by atoms with Crippen LogP contribution in [0, 0.1) is 26.4 Å². The van der Waals surface area contributed by atoms with E-state index in [0.29, 0.717) is 0 Å². The zero-order chi connectivity index (χ0) is 38.6.